The second kappa shape index (κ2) is 8.39. The molecule has 3 aromatic heterocycles. The number of nitrogens with zero attached hydrogens (tertiary/aromatic N) is 2. The lowest BCUT2D eigenvalue weighted by Gasteiger charge is -2.04. The van der Waals surface area contributed by atoms with Crippen molar-refractivity contribution in [3.63, 3.8) is 0 Å². The van der Waals surface area contributed by atoms with Gasteiger partial charge in [-0.3, -0.25) is 10.2 Å². The molecule has 1 aromatic carbocycles. The molecule has 6 nitrogen and oxygen atoms in total. The van der Waals surface area contributed by atoms with E-state index >= 15 is 0 Å². The van der Waals surface area contributed by atoms with E-state index in [-0.39, 0.29) is 5.91 Å². The molecule has 9 heteroatoms. The molecular formula is C19H13ClN4O2S2. The van der Waals surface area contributed by atoms with Crippen molar-refractivity contribution in [1.82, 2.24) is 4.98 Å². The maximum atomic E-state index is 12.5. The Bertz CT molecular complexity index is 1090. The van der Waals surface area contributed by atoms with Crippen LogP contribution in [0.4, 0.5) is 10.1 Å². The number of benzene rings is 1. The van der Waals surface area contributed by atoms with Crippen LogP contribution in [0.5, 0.6) is 0 Å². The zero-order chi connectivity index (χ0) is 19.3. The number of thiophene rings is 1. The minimum atomic E-state index is -0.181. The average Bonchev–Trinajstić information content (AvgIpc) is 3.45. The highest BCUT2D eigenvalue weighted by molar-refractivity contribution is 7.20. The van der Waals surface area contributed by atoms with Crippen LogP contribution in [0.1, 0.15) is 15.4 Å². The number of anilines is 2. The summed E-state index contributed by atoms with van der Waals surface area (Å²) in [7, 11) is 0. The molecule has 4 aromatic rings. The van der Waals surface area contributed by atoms with E-state index in [1.165, 1.54) is 22.7 Å². The van der Waals surface area contributed by atoms with Gasteiger partial charge in [0, 0.05) is 10.6 Å². The van der Waals surface area contributed by atoms with Crippen molar-refractivity contribution in [3.05, 3.63) is 75.8 Å². The van der Waals surface area contributed by atoms with Gasteiger partial charge in [-0.15, -0.1) is 11.3 Å². The Morgan fingerprint density at radius 2 is 2.04 bits per heavy atom. The molecular weight excluding hydrogens is 416 g/mol. The molecule has 0 unspecified atom stereocenters. The van der Waals surface area contributed by atoms with Gasteiger partial charge < -0.3 is 9.73 Å². The third kappa shape index (κ3) is 4.30. The van der Waals surface area contributed by atoms with Crippen molar-refractivity contribution in [2.24, 2.45) is 5.10 Å². The molecule has 0 aliphatic heterocycles. The van der Waals surface area contributed by atoms with Crippen LogP contribution in [0.25, 0.3) is 11.3 Å². The zero-order valence-electron chi connectivity index (χ0n) is 14.3. The maximum Gasteiger partial charge on any atom is 0.266 e. The van der Waals surface area contributed by atoms with Gasteiger partial charge in [-0.25, -0.2) is 4.98 Å². The molecule has 0 saturated carbocycles. The molecule has 1 amide bonds. The normalized spacial score (nSPS) is 11.0. The number of carbonyl (C=O) groups is 1. The Morgan fingerprint density at radius 1 is 1.18 bits per heavy atom. The number of aromatic nitrogens is 1. The number of thiazole rings is 1. The summed E-state index contributed by atoms with van der Waals surface area (Å²) >= 11 is 8.66. The number of nitrogens with one attached hydrogen (secondary N) is 2. The lowest BCUT2D eigenvalue weighted by molar-refractivity contribution is 0.103. The van der Waals surface area contributed by atoms with E-state index in [1.807, 2.05) is 23.6 Å². The third-order valence-electron chi connectivity index (χ3n) is 3.61. The fourth-order valence-electron chi connectivity index (χ4n) is 2.34. The van der Waals surface area contributed by atoms with Crippen molar-refractivity contribution < 1.29 is 9.21 Å². The summed E-state index contributed by atoms with van der Waals surface area (Å²) < 4.78 is 5.20. The third-order valence-corrected chi connectivity index (χ3v) is 5.61. The van der Waals surface area contributed by atoms with E-state index in [0.717, 1.165) is 5.56 Å². The fourth-order valence-corrected chi connectivity index (χ4v) is 3.92. The van der Waals surface area contributed by atoms with E-state index in [9.17, 15) is 4.79 Å². The van der Waals surface area contributed by atoms with Gasteiger partial charge in [-0.1, -0.05) is 41.1 Å². The number of carbonyl (C=O) groups excluding carboxylic acids is 1. The average molecular weight is 429 g/mol. The number of amides is 1. The van der Waals surface area contributed by atoms with Gasteiger partial charge in [0.25, 0.3) is 5.91 Å². The molecule has 0 radical (unpaired) electrons. The van der Waals surface area contributed by atoms with Crippen LogP contribution in [0.3, 0.4) is 0 Å². The highest BCUT2D eigenvalue weighted by Gasteiger charge is 2.17. The molecule has 0 aliphatic carbocycles. The van der Waals surface area contributed by atoms with E-state index < -0.39 is 0 Å². The van der Waals surface area contributed by atoms with E-state index in [1.54, 1.807) is 42.8 Å². The van der Waals surface area contributed by atoms with Crippen LogP contribution in [-0.2, 0) is 0 Å². The number of rotatable bonds is 6. The van der Waals surface area contributed by atoms with Gasteiger partial charge in [-0.05, 0) is 35.7 Å². The van der Waals surface area contributed by atoms with Gasteiger partial charge in [0.2, 0.25) is 5.13 Å². The SMILES string of the molecule is O=C(Nc1sc(NN=Cc2ccco2)nc1-c1ccc(Cl)cc1)c1cccs1. The molecule has 2 N–H and O–H groups in total. The molecule has 0 aliphatic rings. The lowest BCUT2D eigenvalue weighted by atomic mass is 10.1. The first kappa shape index (κ1) is 18.4. The van der Waals surface area contributed by atoms with Crippen molar-refractivity contribution in [1.29, 1.82) is 0 Å². The van der Waals surface area contributed by atoms with E-state index in [4.69, 9.17) is 16.0 Å². The minimum Gasteiger partial charge on any atom is -0.463 e. The lowest BCUT2D eigenvalue weighted by Crippen LogP contribution is -2.09. The Balaban J connectivity index is 1.61. The van der Waals surface area contributed by atoms with Crippen LogP contribution in [0.2, 0.25) is 5.02 Å². The molecule has 28 heavy (non-hydrogen) atoms. The summed E-state index contributed by atoms with van der Waals surface area (Å²) in [6, 6.07) is 14.5. The number of hydrogen-bond donors (Lipinski definition) is 2. The number of hydrazone groups is 1. The number of furan rings is 1. The molecule has 0 atom stereocenters. The maximum absolute atomic E-state index is 12.5. The topological polar surface area (TPSA) is 79.5 Å². The van der Waals surface area contributed by atoms with Crippen molar-refractivity contribution in [2.75, 3.05) is 10.7 Å². The largest absolute Gasteiger partial charge is 0.463 e. The molecule has 0 fully saturated rings. The molecule has 0 saturated heterocycles. The highest BCUT2D eigenvalue weighted by atomic mass is 35.5. The summed E-state index contributed by atoms with van der Waals surface area (Å²) in [6.07, 6.45) is 3.12. The monoisotopic (exact) mass is 428 g/mol. The highest BCUT2D eigenvalue weighted by Crippen LogP contribution is 2.36. The molecule has 3 heterocycles. The van der Waals surface area contributed by atoms with Crippen LogP contribution in [-0.4, -0.2) is 17.1 Å². The Labute approximate surface area is 173 Å². The van der Waals surface area contributed by atoms with Gasteiger partial charge in [0.15, 0.2) is 0 Å². The Kier molecular flexibility index (Phi) is 5.52. The minimum absolute atomic E-state index is 0.181. The van der Waals surface area contributed by atoms with E-state index in [0.29, 0.717) is 31.5 Å². The van der Waals surface area contributed by atoms with Crippen molar-refractivity contribution in [2.45, 2.75) is 0 Å². The van der Waals surface area contributed by atoms with Gasteiger partial charge in [0.05, 0.1) is 17.4 Å². The van der Waals surface area contributed by atoms with Crippen LogP contribution < -0.4 is 10.7 Å². The first-order valence-electron chi connectivity index (χ1n) is 8.13. The summed E-state index contributed by atoms with van der Waals surface area (Å²) in [5.74, 6) is 0.438. The van der Waals surface area contributed by atoms with Gasteiger partial charge >= 0.3 is 0 Å². The molecule has 140 valence electrons. The summed E-state index contributed by atoms with van der Waals surface area (Å²) in [4.78, 5) is 17.7. The van der Waals surface area contributed by atoms with Gasteiger partial charge in [0.1, 0.15) is 16.5 Å². The molecule has 0 bridgehead atoms. The smallest absolute Gasteiger partial charge is 0.266 e. The zero-order valence-corrected chi connectivity index (χ0v) is 16.6. The first-order valence-corrected chi connectivity index (χ1v) is 10.2. The van der Waals surface area contributed by atoms with E-state index in [2.05, 4.69) is 20.8 Å². The molecule has 0 spiro atoms. The number of hydrogen-bond acceptors (Lipinski definition) is 7. The van der Waals surface area contributed by atoms with Crippen molar-refractivity contribution in [3.8, 4) is 11.3 Å². The fraction of sp³-hybridized carbons (Fsp3) is 0. The summed E-state index contributed by atoms with van der Waals surface area (Å²) in [5.41, 5.74) is 4.35. The molecule has 4 rings (SSSR count). The van der Waals surface area contributed by atoms with Crippen LogP contribution in [0.15, 0.2) is 69.7 Å². The Morgan fingerprint density at radius 3 is 2.75 bits per heavy atom. The first-order chi connectivity index (χ1) is 13.7. The second-order valence-electron chi connectivity index (χ2n) is 5.52. The standard InChI is InChI=1S/C19H13ClN4O2S2/c20-13-7-5-12(6-8-13)16-18(23-17(25)15-4-2-10-27-15)28-19(22-16)24-21-11-14-3-1-9-26-14/h1-11H,(H,22,24)(H,23,25). The predicted molar refractivity (Wildman–Crippen MR) is 115 cm³/mol. The van der Waals surface area contributed by atoms with Crippen LogP contribution >= 0.6 is 34.3 Å². The predicted octanol–water partition coefficient (Wildman–Crippen LogP) is 5.82. The van der Waals surface area contributed by atoms with Gasteiger partial charge in [-0.2, -0.15) is 5.10 Å². The summed E-state index contributed by atoms with van der Waals surface area (Å²) in [6.45, 7) is 0. The van der Waals surface area contributed by atoms with Crippen LogP contribution in [0, 0.1) is 0 Å². The quantitative estimate of drug-likeness (QED) is 0.299. The second-order valence-corrected chi connectivity index (χ2v) is 7.90. The van der Waals surface area contributed by atoms with Crippen molar-refractivity contribution >= 4 is 56.5 Å². The summed E-state index contributed by atoms with van der Waals surface area (Å²) in [5, 5.41) is 10.7. The Hall–Kier alpha value is -2.94. The number of halogens is 1.